The molecule has 0 bridgehead atoms. The van der Waals surface area contributed by atoms with Crippen molar-refractivity contribution in [2.45, 2.75) is 6.92 Å². The Kier molecular flexibility index (Phi) is 2.27. The fraction of sp³-hybridized carbons (Fsp3) is 0.100. The Bertz CT molecular complexity index is 682. The maximum Gasteiger partial charge on any atom is 0.165 e. The van der Waals surface area contributed by atoms with Crippen molar-refractivity contribution >= 4 is 39.0 Å². The first kappa shape index (κ1) is 10.5. The van der Waals surface area contributed by atoms with E-state index in [1.54, 1.807) is 22.2 Å². The Labute approximate surface area is 106 Å². The van der Waals surface area contributed by atoms with Crippen LogP contribution in [0, 0.1) is 6.92 Å². The van der Waals surface area contributed by atoms with E-state index in [9.17, 15) is 0 Å². The van der Waals surface area contributed by atoms with E-state index in [0.29, 0.717) is 16.7 Å². The van der Waals surface area contributed by atoms with Gasteiger partial charge in [-0.15, -0.1) is 16.4 Å². The van der Waals surface area contributed by atoms with Gasteiger partial charge >= 0.3 is 0 Å². The fourth-order valence-corrected chi connectivity index (χ4v) is 2.59. The molecule has 0 aliphatic carbocycles. The third-order valence-electron chi connectivity index (χ3n) is 2.34. The minimum atomic E-state index is 0.297. The molecule has 0 saturated heterocycles. The summed E-state index contributed by atoms with van der Waals surface area (Å²) in [5.74, 6) is 0.989. The van der Waals surface area contributed by atoms with Crippen molar-refractivity contribution in [3.63, 3.8) is 0 Å². The Hall–Kier alpha value is -1.66. The maximum atomic E-state index is 5.89. The van der Waals surface area contributed by atoms with Crippen LogP contribution >= 0.6 is 22.9 Å². The molecule has 0 aliphatic rings. The Morgan fingerprint density at radius 2 is 2.24 bits per heavy atom. The molecule has 0 spiro atoms. The lowest BCUT2D eigenvalue weighted by Gasteiger charge is -2.00. The predicted octanol–water partition coefficient (Wildman–Crippen LogP) is 2.42. The highest BCUT2D eigenvalue weighted by atomic mass is 35.5. The maximum absolute atomic E-state index is 5.89. The molecule has 0 unspecified atom stereocenters. The van der Waals surface area contributed by atoms with Gasteiger partial charge in [-0.25, -0.2) is 14.6 Å². The standard InChI is InChI=1S/C10H8ClN5S/c1-5-2-6-9(13-4-14-10(6)17-5)16-3-7(11)8(12)15-16/h2-4H,1H3,(H2,12,15). The van der Waals surface area contributed by atoms with Crippen LogP contribution in [0.25, 0.3) is 16.0 Å². The van der Waals surface area contributed by atoms with Gasteiger partial charge in [0.2, 0.25) is 0 Å². The highest BCUT2D eigenvalue weighted by Gasteiger charge is 2.11. The molecule has 2 N–H and O–H groups in total. The van der Waals surface area contributed by atoms with Gasteiger partial charge in [-0.3, -0.25) is 0 Å². The molecule has 3 rings (SSSR count). The summed E-state index contributed by atoms with van der Waals surface area (Å²) >= 11 is 7.50. The van der Waals surface area contributed by atoms with Crippen LogP contribution in [0.1, 0.15) is 4.88 Å². The van der Waals surface area contributed by atoms with Gasteiger partial charge in [-0.05, 0) is 13.0 Å². The fourth-order valence-electron chi connectivity index (χ4n) is 1.62. The summed E-state index contributed by atoms with van der Waals surface area (Å²) in [6.45, 7) is 2.03. The number of aryl methyl sites for hydroxylation is 1. The van der Waals surface area contributed by atoms with Crippen LogP contribution in [0.3, 0.4) is 0 Å². The first-order valence-corrected chi connectivity index (χ1v) is 6.07. The van der Waals surface area contributed by atoms with Crippen molar-refractivity contribution in [2.24, 2.45) is 0 Å². The number of hydrogen-bond donors (Lipinski definition) is 1. The lowest BCUT2D eigenvalue weighted by Crippen LogP contribution is -1.99. The van der Waals surface area contributed by atoms with Crippen LogP contribution in [0.5, 0.6) is 0 Å². The van der Waals surface area contributed by atoms with Crippen molar-refractivity contribution < 1.29 is 0 Å². The highest BCUT2D eigenvalue weighted by Crippen LogP contribution is 2.27. The quantitative estimate of drug-likeness (QED) is 0.734. The van der Waals surface area contributed by atoms with E-state index in [0.717, 1.165) is 10.2 Å². The Morgan fingerprint density at radius 3 is 2.94 bits per heavy atom. The van der Waals surface area contributed by atoms with Gasteiger partial charge in [0.1, 0.15) is 16.2 Å². The predicted molar refractivity (Wildman–Crippen MR) is 68.7 cm³/mol. The Balaban J connectivity index is 2.29. The van der Waals surface area contributed by atoms with Crippen LogP contribution in [-0.2, 0) is 0 Å². The smallest absolute Gasteiger partial charge is 0.165 e. The molecule has 0 radical (unpaired) electrons. The van der Waals surface area contributed by atoms with E-state index < -0.39 is 0 Å². The van der Waals surface area contributed by atoms with E-state index in [-0.39, 0.29) is 0 Å². The second-order valence-corrected chi connectivity index (χ2v) is 5.22. The third-order valence-corrected chi connectivity index (χ3v) is 3.59. The summed E-state index contributed by atoms with van der Waals surface area (Å²) in [5.41, 5.74) is 5.62. The van der Waals surface area contributed by atoms with Crippen molar-refractivity contribution in [1.82, 2.24) is 19.7 Å². The SMILES string of the molecule is Cc1cc2c(-n3cc(Cl)c(N)n3)ncnc2s1. The van der Waals surface area contributed by atoms with Gasteiger partial charge < -0.3 is 5.73 Å². The Morgan fingerprint density at radius 1 is 1.41 bits per heavy atom. The van der Waals surface area contributed by atoms with Crippen LogP contribution in [0.4, 0.5) is 5.82 Å². The monoisotopic (exact) mass is 265 g/mol. The van der Waals surface area contributed by atoms with Crippen LogP contribution in [0.15, 0.2) is 18.6 Å². The summed E-state index contributed by atoms with van der Waals surface area (Å²) in [4.78, 5) is 10.5. The van der Waals surface area contributed by atoms with Crippen LogP contribution in [0.2, 0.25) is 5.02 Å². The number of aromatic nitrogens is 4. The molecule has 3 aromatic heterocycles. The van der Waals surface area contributed by atoms with Crippen molar-refractivity contribution in [3.05, 3.63) is 28.5 Å². The average molecular weight is 266 g/mol. The van der Waals surface area contributed by atoms with E-state index in [1.807, 2.05) is 13.0 Å². The number of nitrogens with zero attached hydrogens (tertiary/aromatic N) is 4. The van der Waals surface area contributed by atoms with Crippen molar-refractivity contribution in [2.75, 3.05) is 5.73 Å². The molecule has 3 heterocycles. The largest absolute Gasteiger partial charge is 0.381 e. The number of fused-ring (bicyclic) bond motifs is 1. The lowest BCUT2D eigenvalue weighted by molar-refractivity contribution is 0.856. The molecule has 0 aromatic carbocycles. The minimum Gasteiger partial charge on any atom is -0.381 e. The summed E-state index contributed by atoms with van der Waals surface area (Å²) in [6.07, 6.45) is 3.16. The third kappa shape index (κ3) is 1.65. The molecule has 0 amide bonds. The molecule has 0 aliphatic heterocycles. The second kappa shape index (κ2) is 3.68. The minimum absolute atomic E-state index is 0.297. The van der Waals surface area contributed by atoms with Gasteiger partial charge in [0, 0.05) is 4.88 Å². The number of thiophene rings is 1. The topological polar surface area (TPSA) is 69.6 Å². The highest BCUT2D eigenvalue weighted by molar-refractivity contribution is 7.18. The number of hydrogen-bond acceptors (Lipinski definition) is 5. The van der Waals surface area contributed by atoms with E-state index in [4.69, 9.17) is 17.3 Å². The molecular weight excluding hydrogens is 258 g/mol. The molecule has 5 nitrogen and oxygen atoms in total. The zero-order chi connectivity index (χ0) is 12.0. The molecule has 17 heavy (non-hydrogen) atoms. The van der Waals surface area contributed by atoms with Gasteiger partial charge in [0.05, 0.1) is 11.6 Å². The van der Waals surface area contributed by atoms with Gasteiger partial charge in [0.15, 0.2) is 11.6 Å². The second-order valence-electron chi connectivity index (χ2n) is 3.58. The molecule has 0 atom stereocenters. The summed E-state index contributed by atoms with van der Waals surface area (Å²) in [6, 6.07) is 2.03. The number of rotatable bonds is 1. The van der Waals surface area contributed by atoms with E-state index in [1.165, 1.54) is 11.2 Å². The number of anilines is 1. The van der Waals surface area contributed by atoms with E-state index >= 15 is 0 Å². The molecule has 0 fully saturated rings. The summed E-state index contributed by atoms with van der Waals surface area (Å²) in [5, 5.41) is 5.49. The van der Waals surface area contributed by atoms with Gasteiger partial charge in [-0.2, -0.15) is 0 Å². The lowest BCUT2D eigenvalue weighted by atomic mass is 10.3. The van der Waals surface area contributed by atoms with Crippen molar-refractivity contribution in [1.29, 1.82) is 0 Å². The number of nitrogen functional groups attached to an aromatic ring is 1. The zero-order valence-electron chi connectivity index (χ0n) is 8.88. The summed E-state index contributed by atoms with van der Waals surface area (Å²) in [7, 11) is 0. The van der Waals surface area contributed by atoms with Crippen LogP contribution < -0.4 is 5.73 Å². The van der Waals surface area contributed by atoms with E-state index in [2.05, 4.69) is 15.1 Å². The van der Waals surface area contributed by atoms with Crippen LogP contribution in [-0.4, -0.2) is 19.7 Å². The van der Waals surface area contributed by atoms with Gasteiger partial charge in [-0.1, -0.05) is 11.6 Å². The van der Waals surface area contributed by atoms with Gasteiger partial charge in [0.25, 0.3) is 0 Å². The molecule has 86 valence electrons. The normalized spacial score (nSPS) is 11.2. The zero-order valence-corrected chi connectivity index (χ0v) is 10.5. The molecular formula is C10H8ClN5S. The molecule has 7 heteroatoms. The molecule has 3 aromatic rings. The summed E-state index contributed by atoms with van der Waals surface area (Å²) < 4.78 is 1.58. The first-order valence-electron chi connectivity index (χ1n) is 4.87. The number of nitrogens with two attached hydrogens (primary N) is 1. The first-order chi connectivity index (χ1) is 8.15. The average Bonchev–Trinajstić information content (AvgIpc) is 2.81. The van der Waals surface area contributed by atoms with Crippen molar-refractivity contribution in [3.8, 4) is 5.82 Å². The molecule has 0 saturated carbocycles. The number of halogens is 1.